The Hall–Kier alpha value is -1.91. The van der Waals surface area contributed by atoms with E-state index in [1.807, 2.05) is 0 Å². The van der Waals surface area contributed by atoms with Crippen molar-refractivity contribution in [1.82, 2.24) is 5.32 Å². The molecule has 0 aliphatic rings. The van der Waals surface area contributed by atoms with E-state index in [2.05, 4.69) is 5.32 Å². The number of carbonyl (C=O) groups is 2. The molecule has 15 heavy (non-hydrogen) atoms. The average molecular weight is 210 g/mol. The van der Waals surface area contributed by atoms with Crippen molar-refractivity contribution in [2.75, 3.05) is 11.7 Å². The molecular formula is C10H11FN2O2. The Morgan fingerprint density at radius 3 is 2.47 bits per heavy atom. The average Bonchev–Trinajstić information content (AvgIpc) is 2.28. The number of rotatable bonds is 2. The summed E-state index contributed by atoms with van der Waals surface area (Å²) < 4.78 is 13.3. The van der Waals surface area contributed by atoms with Crippen LogP contribution in [0.2, 0.25) is 0 Å². The van der Waals surface area contributed by atoms with Gasteiger partial charge < -0.3 is 5.32 Å². The highest BCUT2D eigenvalue weighted by atomic mass is 19.2. The molecule has 0 aliphatic heterocycles. The number of benzene rings is 1. The van der Waals surface area contributed by atoms with E-state index >= 15 is 0 Å². The van der Waals surface area contributed by atoms with Gasteiger partial charge in [0.1, 0.15) is 0 Å². The van der Waals surface area contributed by atoms with Crippen LogP contribution in [0.25, 0.3) is 0 Å². The lowest BCUT2D eigenvalue weighted by Gasteiger charge is -2.10. The number of para-hydroxylation sites is 1. The summed E-state index contributed by atoms with van der Waals surface area (Å²) in [7, 11) is 0. The quantitative estimate of drug-likeness (QED) is 0.585. The molecule has 0 unspecified atom stereocenters. The molecule has 1 rings (SSSR count). The lowest BCUT2D eigenvalue weighted by molar-refractivity contribution is -0.139. The highest BCUT2D eigenvalue weighted by Crippen LogP contribution is 2.13. The summed E-state index contributed by atoms with van der Waals surface area (Å²) in [6, 6.07) is 7.64. The third-order valence-electron chi connectivity index (χ3n) is 1.69. The van der Waals surface area contributed by atoms with Crippen molar-refractivity contribution in [3.63, 3.8) is 0 Å². The van der Waals surface area contributed by atoms with E-state index in [1.54, 1.807) is 25.1 Å². The van der Waals surface area contributed by atoms with E-state index in [0.29, 0.717) is 0 Å². The number of carbonyl (C=O) groups excluding carboxylic acids is 2. The minimum absolute atomic E-state index is 0.0359. The fourth-order valence-electron chi connectivity index (χ4n) is 1.00. The van der Waals surface area contributed by atoms with Crippen LogP contribution < -0.4 is 10.4 Å². The SMILES string of the molecule is CCNC(=O)C(=O)N(F)c1ccccc1. The molecule has 0 heterocycles. The molecule has 0 spiro atoms. The van der Waals surface area contributed by atoms with Crippen molar-refractivity contribution < 1.29 is 14.1 Å². The molecule has 0 aliphatic carbocycles. The molecule has 1 aromatic rings. The first-order valence-corrected chi connectivity index (χ1v) is 4.50. The Balaban J connectivity index is 2.73. The van der Waals surface area contributed by atoms with Crippen LogP contribution >= 0.6 is 0 Å². The minimum Gasteiger partial charge on any atom is -0.348 e. The lowest BCUT2D eigenvalue weighted by Crippen LogP contribution is -2.39. The minimum atomic E-state index is -1.22. The molecule has 2 amide bonds. The maximum atomic E-state index is 13.3. The summed E-state index contributed by atoms with van der Waals surface area (Å²) >= 11 is 0. The highest BCUT2D eigenvalue weighted by molar-refractivity contribution is 6.39. The van der Waals surface area contributed by atoms with Gasteiger partial charge in [-0.2, -0.15) is 0 Å². The third kappa shape index (κ3) is 2.77. The molecule has 0 aromatic heterocycles. The smallest absolute Gasteiger partial charge is 0.344 e. The Labute approximate surface area is 86.6 Å². The molecule has 4 nitrogen and oxygen atoms in total. The first kappa shape index (κ1) is 11.2. The Bertz CT molecular complexity index is 354. The standard InChI is InChI=1S/C10H11FN2O2/c1-2-12-9(14)10(15)13(11)8-6-4-3-5-7-8/h3-7H,2H2,1H3,(H,12,14). The van der Waals surface area contributed by atoms with Gasteiger partial charge in [0.2, 0.25) is 0 Å². The fraction of sp³-hybridized carbons (Fsp3) is 0.200. The van der Waals surface area contributed by atoms with E-state index in [4.69, 9.17) is 0 Å². The van der Waals surface area contributed by atoms with Crippen LogP contribution in [0, 0.1) is 0 Å². The first-order valence-electron chi connectivity index (χ1n) is 4.50. The van der Waals surface area contributed by atoms with Crippen LogP contribution in [0.4, 0.5) is 10.2 Å². The second-order valence-electron chi connectivity index (χ2n) is 2.78. The zero-order chi connectivity index (χ0) is 11.3. The van der Waals surface area contributed by atoms with Gasteiger partial charge in [0.15, 0.2) is 0 Å². The van der Waals surface area contributed by atoms with Gasteiger partial charge >= 0.3 is 11.8 Å². The number of hydrogen-bond donors (Lipinski definition) is 1. The van der Waals surface area contributed by atoms with Crippen molar-refractivity contribution in [3.05, 3.63) is 30.3 Å². The molecule has 0 saturated heterocycles. The highest BCUT2D eigenvalue weighted by Gasteiger charge is 2.22. The first-order chi connectivity index (χ1) is 7.16. The van der Waals surface area contributed by atoms with Gasteiger partial charge in [-0.15, -0.1) is 5.12 Å². The molecule has 0 bridgehead atoms. The van der Waals surface area contributed by atoms with Crippen molar-refractivity contribution in [3.8, 4) is 0 Å². The summed E-state index contributed by atoms with van der Waals surface area (Å²) in [6.07, 6.45) is 0. The predicted octanol–water partition coefficient (Wildman–Crippen LogP) is 1.04. The Kier molecular flexibility index (Phi) is 3.79. The van der Waals surface area contributed by atoms with Crippen LogP contribution in [-0.4, -0.2) is 18.4 Å². The molecule has 0 atom stereocenters. The molecular weight excluding hydrogens is 199 g/mol. The third-order valence-corrected chi connectivity index (χ3v) is 1.69. The van der Waals surface area contributed by atoms with Crippen LogP contribution in [-0.2, 0) is 9.59 Å². The number of nitrogens with one attached hydrogen (secondary N) is 1. The molecule has 0 radical (unpaired) electrons. The summed E-state index contributed by atoms with van der Waals surface area (Å²) in [6.45, 7) is 1.93. The molecule has 80 valence electrons. The van der Waals surface area contributed by atoms with Gasteiger partial charge in [-0.3, -0.25) is 9.59 Å². The van der Waals surface area contributed by atoms with Gasteiger partial charge in [-0.25, -0.2) is 0 Å². The van der Waals surface area contributed by atoms with E-state index in [9.17, 15) is 14.1 Å². The number of hydrogen-bond acceptors (Lipinski definition) is 2. The van der Waals surface area contributed by atoms with Gasteiger partial charge in [0.25, 0.3) is 0 Å². The lowest BCUT2D eigenvalue weighted by atomic mass is 10.3. The molecule has 5 heteroatoms. The second-order valence-corrected chi connectivity index (χ2v) is 2.78. The second kappa shape index (κ2) is 5.09. The van der Waals surface area contributed by atoms with E-state index in [0.717, 1.165) is 0 Å². The summed E-state index contributed by atoms with van der Waals surface area (Å²) in [4.78, 5) is 22.2. The Morgan fingerprint density at radius 2 is 1.93 bits per heavy atom. The van der Waals surface area contributed by atoms with E-state index < -0.39 is 11.8 Å². The summed E-state index contributed by atoms with van der Waals surface area (Å²) in [5.74, 6) is -2.17. The van der Waals surface area contributed by atoms with Gasteiger partial charge in [0, 0.05) is 6.54 Å². The molecule has 1 N–H and O–H groups in total. The summed E-state index contributed by atoms with van der Waals surface area (Å²) in [5.41, 5.74) is 0.0359. The predicted molar refractivity (Wildman–Crippen MR) is 53.7 cm³/mol. The molecule has 0 saturated carbocycles. The number of halogens is 1. The van der Waals surface area contributed by atoms with Crippen molar-refractivity contribution in [2.45, 2.75) is 6.92 Å². The monoisotopic (exact) mass is 210 g/mol. The number of nitrogens with zero attached hydrogens (tertiary/aromatic N) is 1. The molecule has 1 aromatic carbocycles. The maximum Gasteiger partial charge on any atom is 0.344 e. The largest absolute Gasteiger partial charge is 0.348 e. The Morgan fingerprint density at radius 1 is 1.33 bits per heavy atom. The van der Waals surface area contributed by atoms with Gasteiger partial charge in [-0.05, 0) is 19.1 Å². The van der Waals surface area contributed by atoms with Crippen LogP contribution in [0.1, 0.15) is 6.92 Å². The van der Waals surface area contributed by atoms with Crippen molar-refractivity contribution >= 4 is 17.5 Å². The normalized spacial score (nSPS) is 9.47. The zero-order valence-corrected chi connectivity index (χ0v) is 8.24. The zero-order valence-electron chi connectivity index (χ0n) is 8.24. The fourth-order valence-corrected chi connectivity index (χ4v) is 1.00. The number of anilines is 1. The van der Waals surface area contributed by atoms with Crippen molar-refractivity contribution in [1.29, 1.82) is 0 Å². The van der Waals surface area contributed by atoms with Crippen LogP contribution in [0.5, 0.6) is 0 Å². The number of amides is 2. The van der Waals surface area contributed by atoms with Crippen LogP contribution in [0.15, 0.2) is 30.3 Å². The molecule has 0 fully saturated rings. The van der Waals surface area contributed by atoms with Crippen molar-refractivity contribution in [2.24, 2.45) is 0 Å². The van der Waals surface area contributed by atoms with E-state index in [1.165, 1.54) is 12.1 Å². The van der Waals surface area contributed by atoms with Gasteiger partial charge in [-0.1, -0.05) is 22.7 Å². The van der Waals surface area contributed by atoms with Crippen LogP contribution in [0.3, 0.4) is 0 Å². The topological polar surface area (TPSA) is 49.4 Å². The van der Waals surface area contributed by atoms with E-state index in [-0.39, 0.29) is 17.4 Å². The van der Waals surface area contributed by atoms with Gasteiger partial charge in [0.05, 0.1) is 5.69 Å². The number of likely N-dealkylation sites (N-methyl/N-ethyl adjacent to an activating group) is 1. The maximum absolute atomic E-state index is 13.3. The summed E-state index contributed by atoms with van der Waals surface area (Å²) in [5, 5.41) is 2.05.